The molecule has 3 aromatic carbocycles. The highest BCUT2D eigenvalue weighted by molar-refractivity contribution is 6.30. The van der Waals surface area contributed by atoms with E-state index in [4.69, 9.17) is 11.6 Å². The molecule has 0 spiro atoms. The second-order valence-electron chi connectivity index (χ2n) is 8.70. The first-order valence-electron chi connectivity index (χ1n) is 11.6. The zero-order chi connectivity index (χ0) is 25.1. The first-order chi connectivity index (χ1) is 17.4. The summed E-state index contributed by atoms with van der Waals surface area (Å²) in [6.45, 7) is 0. The van der Waals surface area contributed by atoms with E-state index in [0.29, 0.717) is 34.9 Å². The maximum Gasteiger partial charge on any atom is 0.255 e. The van der Waals surface area contributed by atoms with Gasteiger partial charge in [0.05, 0.1) is 11.0 Å². The van der Waals surface area contributed by atoms with E-state index in [2.05, 4.69) is 20.6 Å². The number of H-pyrrole nitrogens is 1. The van der Waals surface area contributed by atoms with Crippen LogP contribution in [0.1, 0.15) is 23.2 Å². The van der Waals surface area contributed by atoms with Gasteiger partial charge < -0.3 is 20.7 Å². The lowest BCUT2D eigenvalue weighted by molar-refractivity contribution is 0.102. The van der Waals surface area contributed by atoms with Gasteiger partial charge in [-0.15, -0.1) is 0 Å². The topological polar surface area (TPSA) is 90.0 Å². The number of nitrogens with zero attached hydrogens (tertiary/aromatic N) is 1. The smallest absolute Gasteiger partial charge is 0.255 e. The minimum Gasteiger partial charge on any atom is -0.374 e. The Bertz CT molecular complexity index is 1440. The summed E-state index contributed by atoms with van der Waals surface area (Å²) in [5.41, 5.74) is 4.30. The van der Waals surface area contributed by atoms with Crippen LogP contribution in [0, 0.1) is 5.92 Å². The summed E-state index contributed by atoms with van der Waals surface area (Å²) in [5.74, 6) is 0.315. The number of imidazole rings is 1. The summed E-state index contributed by atoms with van der Waals surface area (Å²) in [6, 6.07) is 19.8. The molecule has 182 valence electrons. The van der Waals surface area contributed by atoms with E-state index in [9.17, 15) is 14.3 Å². The lowest BCUT2D eigenvalue weighted by Gasteiger charge is -2.20. The Morgan fingerprint density at radius 2 is 1.86 bits per heavy atom. The lowest BCUT2D eigenvalue weighted by Crippen LogP contribution is -2.22. The van der Waals surface area contributed by atoms with Gasteiger partial charge in [0.2, 0.25) is 0 Å². The number of amides is 1. The van der Waals surface area contributed by atoms with Gasteiger partial charge in [0, 0.05) is 27.5 Å². The number of hydrogen-bond donors (Lipinski definition) is 4. The summed E-state index contributed by atoms with van der Waals surface area (Å²) >= 11 is 5.90. The summed E-state index contributed by atoms with van der Waals surface area (Å²) in [6.07, 6.45) is 5.09. The van der Waals surface area contributed by atoms with Crippen molar-refractivity contribution >= 4 is 39.9 Å². The molecule has 1 aliphatic carbocycles. The van der Waals surface area contributed by atoms with E-state index in [1.54, 1.807) is 48.5 Å². The van der Waals surface area contributed by atoms with Crippen LogP contribution in [0.3, 0.4) is 0 Å². The number of carbonyl (C=O) groups is 1. The van der Waals surface area contributed by atoms with Gasteiger partial charge in [0.25, 0.3) is 5.91 Å². The molecule has 6 nitrogen and oxygen atoms in total. The normalized spacial score (nSPS) is 16.0. The third kappa shape index (κ3) is 5.64. The Hall–Kier alpha value is -3.94. The predicted molar refractivity (Wildman–Crippen MR) is 142 cm³/mol. The molecule has 0 aliphatic heterocycles. The van der Waals surface area contributed by atoms with Crippen molar-refractivity contribution in [3.05, 3.63) is 101 Å². The van der Waals surface area contributed by atoms with Gasteiger partial charge in [0.1, 0.15) is 17.9 Å². The Morgan fingerprint density at radius 3 is 2.58 bits per heavy atom. The van der Waals surface area contributed by atoms with Gasteiger partial charge in [0.15, 0.2) is 0 Å². The lowest BCUT2D eigenvalue weighted by atomic mass is 9.96. The molecule has 0 fully saturated rings. The van der Waals surface area contributed by atoms with Crippen LogP contribution in [0.15, 0.2) is 90.8 Å². The molecule has 2 unspecified atom stereocenters. The molecule has 4 aromatic rings. The van der Waals surface area contributed by atoms with Crippen molar-refractivity contribution in [1.29, 1.82) is 0 Å². The Labute approximate surface area is 212 Å². The van der Waals surface area contributed by atoms with E-state index in [1.165, 1.54) is 12.2 Å². The molecule has 1 aromatic heterocycles. The molecule has 1 aliphatic rings. The predicted octanol–water partition coefficient (Wildman–Crippen LogP) is 6.69. The Morgan fingerprint density at radius 1 is 1.11 bits per heavy atom. The number of carbonyl (C=O) groups excluding carboxylic acids is 1. The summed E-state index contributed by atoms with van der Waals surface area (Å²) in [4.78, 5) is 20.6. The second-order valence-corrected chi connectivity index (χ2v) is 9.13. The monoisotopic (exact) mass is 502 g/mol. The number of allylic oxidation sites excluding steroid dienone is 4. The van der Waals surface area contributed by atoms with Crippen LogP contribution in [0.5, 0.6) is 0 Å². The number of halogens is 2. The number of nitrogens with one attached hydrogen (secondary N) is 3. The van der Waals surface area contributed by atoms with E-state index in [1.807, 2.05) is 24.3 Å². The third-order valence-corrected chi connectivity index (χ3v) is 6.26. The summed E-state index contributed by atoms with van der Waals surface area (Å²) in [5, 5.41) is 16.9. The highest BCUT2D eigenvalue weighted by Gasteiger charge is 2.15. The average molecular weight is 503 g/mol. The fourth-order valence-electron chi connectivity index (χ4n) is 4.10. The van der Waals surface area contributed by atoms with Crippen molar-refractivity contribution in [3.63, 3.8) is 0 Å². The van der Waals surface area contributed by atoms with Gasteiger partial charge in [-0.2, -0.15) is 0 Å². The fourth-order valence-corrected chi connectivity index (χ4v) is 4.23. The Kier molecular flexibility index (Phi) is 6.84. The molecule has 0 saturated heterocycles. The Balaban J connectivity index is 1.24. The number of rotatable bonds is 7. The highest BCUT2D eigenvalue weighted by atomic mass is 35.5. The molecular formula is C28H24ClFN4O2. The largest absolute Gasteiger partial charge is 0.374 e. The highest BCUT2D eigenvalue weighted by Crippen LogP contribution is 2.25. The van der Waals surface area contributed by atoms with Crippen molar-refractivity contribution in [2.45, 2.75) is 19.1 Å². The quantitative estimate of drug-likeness (QED) is 0.212. The zero-order valence-corrected chi connectivity index (χ0v) is 20.0. The van der Waals surface area contributed by atoms with Gasteiger partial charge in [-0.05, 0) is 97.6 Å². The molecule has 2 atom stereocenters. The molecule has 36 heavy (non-hydrogen) atoms. The van der Waals surface area contributed by atoms with Crippen LogP contribution in [-0.2, 0) is 0 Å². The van der Waals surface area contributed by atoms with Crippen molar-refractivity contribution in [3.8, 4) is 11.4 Å². The van der Waals surface area contributed by atoms with Crippen LogP contribution < -0.4 is 10.6 Å². The minimum atomic E-state index is -0.747. The molecule has 1 heterocycles. The number of hydrogen-bond acceptors (Lipinski definition) is 4. The maximum absolute atomic E-state index is 13.1. The van der Waals surface area contributed by atoms with Gasteiger partial charge in [-0.25, -0.2) is 9.37 Å². The van der Waals surface area contributed by atoms with Crippen molar-refractivity contribution in [1.82, 2.24) is 9.97 Å². The summed E-state index contributed by atoms with van der Waals surface area (Å²) < 4.78 is 13.1. The molecule has 1 amide bonds. The van der Waals surface area contributed by atoms with Gasteiger partial charge in [-0.1, -0.05) is 17.7 Å². The third-order valence-electron chi connectivity index (χ3n) is 6.01. The number of benzene rings is 3. The van der Waals surface area contributed by atoms with Crippen LogP contribution >= 0.6 is 11.6 Å². The van der Waals surface area contributed by atoms with Gasteiger partial charge in [-0.3, -0.25) is 4.79 Å². The average Bonchev–Trinajstić information content (AvgIpc) is 3.31. The first kappa shape index (κ1) is 23.8. The molecule has 8 heteroatoms. The molecule has 4 N–H and O–H groups in total. The number of aliphatic hydroxyl groups excluding tert-OH is 1. The van der Waals surface area contributed by atoms with Crippen molar-refractivity contribution < 1.29 is 14.3 Å². The first-order valence-corrected chi connectivity index (χ1v) is 12.0. The molecule has 5 rings (SSSR count). The van der Waals surface area contributed by atoms with Crippen molar-refractivity contribution in [2.75, 3.05) is 10.6 Å². The number of aromatic amines is 1. The number of anilines is 2. The van der Waals surface area contributed by atoms with E-state index in [-0.39, 0.29) is 17.7 Å². The van der Waals surface area contributed by atoms with E-state index in [0.717, 1.165) is 22.3 Å². The second kappa shape index (κ2) is 10.4. The van der Waals surface area contributed by atoms with Crippen LogP contribution in [0.4, 0.5) is 15.8 Å². The van der Waals surface area contributed by atoms with Crippen LogP contribution in [0.2, 0.25) is 5.02 Å². The summed E-state index contributed by atoms with van der Waals surface area (Å²) in [7, 11) is 0. The van der Waals surface area contributed by atoms with Crippen molar-refractivity contribution in [2.24, 2.45) is 5.92 Å². The molecule has 0 saturated carbocycles. The standard InChI is InChI=1S/C28H24ClFN4O2/c29-20-6-12-23(13-7-20)32-28(36)19-5-14-24-25(16-19)34-27(33-24)18-3-10-22(11-4-18)31-26(35)15-17-1-8-21(30)9-2-17/h1,3-14,16-17,26,31,35H,2,15H2,(H,32,36)(H,33,34). The number of fused-ring (bicyclic) bond motifs is 1. The number of aliphatic hydroxyl groups is 1. The molecular weight excluding hydrogens is 479 g/mol. The van der Waals surface area contributed by atoms with Crippen LogP contribution in [-0.4, -0.2) is 27.2 Å². The molecule has 0 radical (unpaired) electrons. The van der Waals surface area contributed by atoms with E-state index < -0.39 is 6.23 Å². The number of aromatic nitrogens is 2. The minimum absolute atomic E-state index is 0.0972. The molecule has 0 bridgehead atoms. The fraction of sp³-hybridized carbons (Fsp3) is 0.143. The SMILES string of the molecule is O=C(Nc1ccc(Cl)cc1)c1ccc2nc(-c3ccc(NC(O)CC4C=CC(F)=CC4)cc3)[nH]c2c1. The zero-order valence-electron chi connectivity index (χ0n) is 19.2. The van der Waals surface area contributed by atoms with Gasteiger partial charge >= 0.3 is 0 Å². The maximum atomic E-state index is 13.1. The van der Waals surface area contributed by atoms with E-state index >= 15 is 0 Å². The van der Waals surface area contributed by atoms with Crippen LogP contribution in [0.25, 0.3) is 22.4 Å².